The molecule has 0 saturated carbocycles. The zero-order valence-electron chi connectivity index (χ0n) is 7.86. The molecule has 1 aromatic carbocycles. The Labute approximate surface area is 83.7 Å². The maximum Gasteiger partial charge on any atom is 0.0331 e. The quantitative estimate of drug-likeness (QED) is 0.685. The number of nitrogens with two attached hydrogens (primary N) is 1. The van der Waals surface area contributed by atoms with E-state index in [1.165, 1.54) is 16.9 Å². The molecule has 2 unspecified atom stereocenters. The molecular formula is C11H15NS. The molecule has 0 radical (unpaired) electrons. The molecule has 2 N–H and O–H groups in total. The minimum Gasteiger partial charge on any atom is -0.324 e. The average Bonchev–Trinajstić information content (AvgIpc) is 2.29. The molecule has 0 amide bonds. The van der Waals surface area contributed by atoms with Crippen molar-refractivity contribution in [2.24, 2.45) is 11.7 Å². The van der Waals surface area contributed by atoms with Crippen LogP contribution in [0.25, 0.3) is 0 Å². The molecule has 2 heteroatoms. The fourth-order valence-electron chi connectivity index (χ4n) is 1.76. The molecule has 0 aliphatic carbocycles. The lowest BCUT2D eigenvalue weighted by Crippen LogP contribution is -2.20. The highest BCUT2D eigenvalue weighted by molar-refractivity contribution is 7.98. The van der Waals surface area contributed by atoms with Crippen molar-refractivity contribution in [1.29, 1.82) is 0 Å². The summed E-state index contributed by atoms with van der Waals surface area (Å²) < 4.78 is 0. The summed E-state index contributed by atoms with van der Waals surface area (Å²) in [7, 11) is 0. The van der Waals surface area contributed by atoms with Crippen LogP contribution < -0.4 is 5.73 Å². The molecule has 0 saturated heterocycles. The van der Waals surface area contributed by atoms with Gasteiger partial charge < -0.3 is 5.73 Å². The van der Waals surface area contributed by atoms with Gasteiger partial charge in [0.2, 0.25) is 0 Å². The highest BCUT2D eigenvalue weighted by Crippen LogP contribution is 2.32. The normalized spacial score (nSPS) is 27.8. The van der Waals surface area contributed by atoms with Gasteiger partial charge in [0.1, 0.15) is 0 Å². The summed E-state index contributed by atoms with van der Waals surface area (Å²) >= 11 is 1.99. The number of hydrogen-bond acceptors (Lipinski definition) is 2. The van der Waals surface area contributed by atoms with Crippen molar-refractivity contribution in [1.82, 2.24) is 0 Å². The molecule has 0 fully saturated rings. The van der Waals surface area contributed by atoms with E-state index in [0.717, 1.165) is 5.75 Å². The van der Waals surface area contributed by atoms with Crippen LogP contribution in [0.3, 0.4) is 0 Å². The van der Waals surface area contributed by atoms with Gasteiger partial charge in [-0.3, -0.25) is 0 Å². The lowest BCUT2D eigenvalue weighted by Gasteiger charge is -2.17. The first-order valence-electron chi connectivity index (χ1n) is 4.70. The Hall–Kier alpha value is -0.470. The van der Waals surface area contributed by atoms with E-state index in [4.69, 9.17) is 5.73 Å². The standard InChI is InChI=1S/C11H15NS/c1-8-6-13-7-9-4-2-3-5-10(9)11(8)12/h2-5,8,11H,6-7,12H2,1H3. The van der Waals surface area contributed by atoms with Crippen LogP contribution in [0.5, 0.6) is 0 Å². The monoisotopic (exact) mass is 193 g/mol. The van der Waals surface area contributed by atoms with E-state index in [1.54, 1.807) is 0 Å². The van der Waals surface area contributed by atoms with Gasteiger partial charge in [-0.05, 0) is 22.8 Å². The fraction of sp³-hybridized carbons (Fsp3) is 0.455. The largest absolute Gasteiger partial charge is 0.324 e. The van der Waals surface area contributed by atoms with Gasteiger partial charge in [-0.25, -0.2) is 0 Å². The van der Waals surface area contributed by atoms with Gasteiger partial charge in [-0.15, -0.1) is 0 Å². The zero-order valence-corrected chi connectivity index (χ0v) is 8.68. The SMILES string of the molecule is CC1CSCc2ccccc2C1N. The molecule has 2 atom stereocenters. The van der Waals surface area contributed by atoms with Crippen molar-refractivity contribution in [3.63, 3.8) is 0 Å². The van der Waals surface area contributed by atoms with Gasteiger partial charge in [0, 0.05) is 11.8 Å². The molecule has 70 valence electrons. The molecule has 1 nitrogen and oxygen atoms in total. The lowest BCUT2D eigenvalue weighted by molar-refractivity contribution is 0.524. The topological polar surface area (TPSA) is 26.0 Å². The van der Waals surface area contributed by atoms with E-state index in [9.17, 15) is 0 Å². The van der Waals surface area contributed by atoms with Gasteiger partial charge in [-0.1, -0.05) is 31.2 Å². The summed E-state index contributed by atoms with van der Waals surface area (Å²) in [5.41, 5.74) is 8.94. The molecule has 1 aliphatic rings. The Morgan fingerprint density at radius 3 is 3.00 bits per heavy atom. The van der Waals surface area contributed by atoms with Crippen LogP contribution >= 0.6 is 11.8 Å². The van der Waals surface area contributed by atoms with Crippen LogP contribution in [0.1, 0.15) is 24.1 Å². The third-order valence-corrected chi connectivity index (χ3v) is 3.94. The van der Waals surface area contributed by atoms with Gasteiger partial charge in [-0.2, -0.15) is 11.8 Å². The smallest absolute Gasteiger partial charge is 0.0331 e. The van der Waals surface area contributed by atoms with E-state index in [1.807, 2.05) is 11.8 Å². The molecule has 13 heavy (non-hydrogen) atoms. The molecule has 0 spiro atoms. The lowest BCUT2D eigenvalue weighted by atomic mass is 9.94. The van der Waals surface area contributed by atoms with Crippen molar-refractivity contribution in [3.05, 3.63) is 35.4 Å². The number of fused-ring (bicyclic) bond motifs is 1. The Morgan fingerprint density at radius 2 is 2.15 bits per heavy atom. The van der Waals surface area contributed by atoms with E-state index in [2.05, 4.69) is 31.2 Å². The predicted octanol–water partition coefficient (Wildman–Crippen LogP) is 2.57. The summed E-state index contributed by atoms with van der Waals surface area (Å²) in [5, 5.41) is 0. The number of rotatable bonds is 0. The second-order valence-corrected chi connectivity index (χ2v) is 4.75. The van der Waals surface area contributed by atoms with Crippen LogP contribution in [0.15, 0.2) is 24.3 Å². The van der Waals surface area contributed by atoms with E-state index < -0.39 is 0 Å². The molecular weight excluding hydrogens is 178 g/mol. The van der Waals surface area contributed by atoms with Crippen molar-refractivity contribution in [3.8, 4) is 0 Å². The van der Waals surface area contributed by atoms with Crippen LogP contribution in [-0.2, 0) is 5.75 Å². The third-order valence-electron chi connectivity index (χ3n) is 2.67. The van der Waals surface area contributed by atoms with E-state index >= 15 is 0 Å². The predicted molar refractivity (Wildman–Crippen MR) is 58.7 cm³/mol. The number of hydrogen-bond donors (Lipinski definition) is 1. The Balaban J connectivity index is 2.40. The van der Waals surface area contributed by atoms with E-state index in [-0.39, 0.29) is 6.04 Å². The molecule has 1 heterocycles. The van der Waals surface area contributed by atoms with Crippen molar-refractivity contribution >= 4 is 11.8 Å². The molecule has 1 aromatic rings. The van der Waals surface area contributed by atoms with Crippen LogP contribution in [-0.4, -0.2) is 5.75 Å². The fourth-order valence-corrected chi connectivity index (χ4v) is 2.94. The minimum atomic E-state index is 0.228. The second kappa shape index (κ2) is 3.72. The van der Waals surface area contributed by atoms with Crippen molar-refractivity contribution < 1.29 is 0 Å². The Morgan fingerprint density at radius 1 is 1.38 bits per heavy atom. The highest BCUT2D eigenvalue weighted by atomic mass is 32.2. The minimum absolute atomic E-state index is 0.228. The van der Waals surface area contributed by atoms with Gasteiger partial charge >= 0.3 is 0 Å². The molecule has 1 aliphatic heterocycles. The van der Waals surface area contributed by atoms with Crippen LogP contribution in [0.4, 0.5) is 0 Å². The first-order chi connectivity index (χ1) is 6.29. The summed E-state index contributed by atoms with van der Waals surface area (Å²) in [4.78, 5) is 0. The Bertz CT molecular complexity index is 298. The zero-order chi connectivity index (χ0) is 9.26. The van der Waals surface area contributed by atoms with Crippen molar-refractivity contribution in [2.75, 3.05) is 5.75 Å². The van der Waals surface area contributed by atoms with Crippen molar-refractivity contribution in [2.45, 2.75) is 18.7 Å². The summed E-state index contributed by atoms with van der Waals surface area (Å²) in [6, 6.07) is 8.78. The molecule has 0 bridgehead atoms. The maximum atomic E-state index is 6.18. The average molecular weight is 193 g/mol. The van der Waals surface area contributed by atoms with Gasteiger partial charge in [0.05, 0.1) is 0 Å². The van der Waals surface area contributed by atoms with Crippen LogP contribution in [0.2, 0.25) is 0 Å². The maximum absolute atomic E-state index is 6.18. The highest BCUT2D eigenvalue weighted by Gasteiger charge is 2.20. The summed E-state index contributed by atoms with van der Waals surface area (Å²) in [5.74, 6) is 2.89. The second-order valence-electron chi connectivity index (χ2n) is 3.72. The summed E-state index contributed by atoms with van der Waals surface area (Å²) in [6.07, 6.45) is 0. The summed E-state index contributed by atoms with van der Waals surface area (Å²) in [6.45, 7) is 2.24. The Kier molecular flexibility index (Phi) is 2.61. The third kappa shape index (κ3) is 1.74. The first-order valence-corrected chi connectivity index (χ1v) is 5.85. The first kappa shape index (κ1) is 9.10. The van der Waals surface area contributed by atoms with Crippen LogP contribution in [0, 0.1) is 5.92 Å². The van der Waals surface area contributed by atoms with E-state index in [0.29, 0.717) is 5.92 Å². The number of benzene rings is 1. The molecule has 0 aromatic heterocycles. The molecule has 2 rings (SSSR count). The van der Waals surface area contributed by atoms with Gasteiger partial charge in [0.15, 0.2) is 0 Å². The van der Waals surface area contributed by atoms with Gasteiger partial charge in [0.25, 0.3) is 0 Å². The number of thioether (sulfide) groups is 1.